The van der Waals surface area contributed by atoms with Gasteiger partial charge in [-0.1, -0.05) is 12.1 Å². The van der Waals surface area contributed by atoms with Crippen LogP contribution >= 0.6 is 11.3 Å². The molecule has 1 saturated carbocycles. The molecule has 1 fully saturated rings. The predicted molar refractivity (Wildman–Crippen MR) is 108 cm³/mol. The van der Waals surface area contributed by atoms with Crippen molar-refractivity contribution >= 4 is 17.3 Å². The van der Waals surface area contributed by atoms with Crippen molar-refractivity contribution in [2.45, 2.75) is 46.7 Å². The fourth-order valence-electron chi connectivity index (χ4n) is 2.57. The Morgan fingerprint density at radius 2 is 2.15 bits per heavy atom. The minimum absolute atomic E-state index is 0.590. The molecule has 1 aliphatic carbocycles. The largest absolute Gasteiger partial charge is 0.493 e. The molecule has 2 N–H and O–H groups in total. The van der Waals surface area contributed by atoms with Crippen LogP contribution < -0.4 is 15.4 Å². The van der Waals surface area contributed by atoms with Crippen LogP contribution in [0.15, 0.2) is 29.4 Å². The third-order valence-electron chi connectivity index (χ3n) is 4.22. The van der Waals surface area contributed by atoms with Gasteiger partial charge in [-0.05, 0) is 51.2 Å². The molecule has 1 aromatic carbocycles. The van der Waals surface area contributed by atoms with E-state index in [0.29, 0.717) is 13.1 Å². The first-order chi connectivity index (χ1) is 12.6. The lowest BCUT2D eigenvalue weighted by molar-refractivity contribution is 0.296. The quantitative estimate of drug-likeness (QED) is 0.546. The fraction of sp³-hybridized carbons (Fsp3) is 0.500. The summed E-state index contributed by atoms with van der Waals surface area (Å²) in [6, 6.07) is 6.36. The van der Waals surface area contributed by atoms with Gasteiger partial charge in [0, 0.05) is 23.2 Å². The molecule has 0 radical (unpaired) electrons. The number of aliphatic imine (C=N–C) groups is 1. The standard InChI is InChI=1S/C20H28N4OS/c1-4-21-20(24-12-19-22-10-15(3)26-19)23-11-17-8-5-14(2)9-18(17)25-13-16-6-7-16/h5,8-10,16H,4,6-7,11-13H2,1-3H3,(H2,21,23,24). The lowest BCUT2D eigenvalue weighted by Crippen LogP contribution is -2.36. The minimum atomic E-state index is 0.590. The van der Waals surface area contributed by atoms with Crippen molar-refractivity contribution in [3.63, 3.8) is 0 Å². The van der Waals surface area contributed by atoms with Crippen LogP contribution in [-0.2, 0) is 13.1 Å². The minimum Gasteiger partial charge on any atom is -0.493 e. The van der Waals surface area contributed by atoms with Crippen LogP contribution in [0, 0.1) is 19.8 Å². The molecule has 2 aromatic rings. The molecule has 0 amide bonds. The zero-order valence-electron chi connectivity index (χ0n) is 15.8. The summed E-state index contributed by atoms with van der Waals surface area (Å²) >= 11 is 1.71. The number of aryl methyl sites for hydroxylation is 2. The number of hydrogen-bond acceptors (Lipinski definition) is 4. The Labute approximate surface area is 159 Å². The lowest BCUT2D eigenvalue weighted by atomic mass is 10.1. The molecule has 1 aromatic heterocycles. The molecule has 26 heavy (non-hydrogen) atoms. The second-order valence-electron chi connectivity index (χ2n) is 6.78. The molecule has 0 atom stereocenters. The summed E-state index contributed by atoms with van der Waals surface area (Å²) in [5.74, 6) is 2.51. The van der Waals surface area contributed by atoms with E-state index < -0.39 is 0 Å². The summed E-state index contributed by atoms with van der Waals surface area (Å²) in [6.07, 6.45) is 4.50. The number of guanidine groups is 1. The molecular formula is C20H28N4OS. The van der Waals surface area contributed by atoms with Gasteiger partial charge < -0.3 is 15.4 Å². The van der Waals surface area contributed by atoms with Gasteiger partial charge in [0.25, 0.3) is 0 Å². The van der Waals surface area contributed by atoms with Crippen molar-refractivity contribution in [1.82, 2.24) is 15.6 Å². The number of thiazole rings is 1. The van der Waals surface area contributed by atoms with E-state index in [1.165, 1.54) is 23.3 Å². The zero-order valence-corrected chi connectivity index (χ0v) is 16.7. The van der Waals surface area contributed by atoms with Gasteiger partial charge in [-0.25, -0.2) is 9.98 Å². The molecule has 140 valence electrons. The average molecular weight is 373 g/mol. The zero-order chi connectivity index (χ0) is 18.4. The first-order valence-electron chi connectivity index (χ1n) is 9.30. The van der Waals surface area contributed by atoms with E-state index in [9.17, 15) is 0 Å². The molecule has 0 aliphatic heterocycles. The average Bonchev–Trinajstić information content (AvgIpc) is 3.37. The van der Waals surface area contributed by atoms with E-state index in [4.69, 9.17) is 9.73 Å². The van der Waals surface area contributed by atoms with E-state index >= 15 is 0 Å². The maximum absolute atomic E-state index is 6.05. The monoisotopic (exact) mass is 372 g/mol. The topological polar surface area (TPSA) is 58.5 Å². The van der Waals surface area contributed by atoms with Crippen LogP contribution in [-0.4, -0.2) is 24.1 Å². The smallest absolute Gasteiger partial charge is 0.191 e. The van der Waals surface area contributed by atoms with E-state index in [-0.39, 0.29) is 0 Å². The molecule has 5 nitrogen and oxygen atoms in total. The molecule has 6 heteroatoms. The molecule has 1 heterocycles. The number of rotatable bonds is 8. The second-order valence-corrected chi connectivity index (χ2v) is 8.10. The summed E-state index contributed by atoms with van der Waals surface area (Å²) in [7, 11) is 0. The predicted octanol–water partition coefficient (Wildman–Crippen LogP) is 3.80. The molecule has 0 unspecified atom stereocenters. The number of nitrogens with one attached hydrogen (secondary N) is 2. The molecule has 3 rings (SSSR count). The van der Waals surface area contributed by atoms with Crippen LogP contribution in [0.4, 0.5) is 0 Å². The number of ether oxygens (including phenoxy) is 1. The van der Waals surface area contributed by atoms with E-state index in [2.05, 4.69) is 54.6 Å². The Balaban J connectivity index is 1.63. The summed E-state index contributed by atoms with van der Waals surface area (Å²) < 4.78 is 6.05. The number of nitrogens with zero attached hydrogens (tertiary/aromatic N) is 2. The van der Waals surface area contributed by atoms with Crippen molar-refractivity contribution in [3.8, 4) is 5.75 Å². The van der Waals surface area contributed by atoms with Crippen molar-refractivity contribution in [2.75, 3.05) is 13.2 Å². The van der Waals surface area contributed by atoms with Gasteiger partial charge in [-0.3, -0.25) is 0 Å². The van der Waals surface area contributed by atoms with Crippen LogP contribution in [0.1, 0.15) is 40.8 Å². The second kappa shape index (κ2) is 9.03. The number of aromatic nitrogens is 1. The van der Waals surface area contributed by atoms with Crippen LogP contribution in [0.5, 0.6) is 5.75 Å². The first kappa shape index (κ1) is 18.7. The summed E-state index contributed by atoms with van der Waals surface area (Å²) in [5, 5.41) is 7.72. The van der Waals surface area contributed by atoms with E-state index in [1.54, 1.807) is 11.3 Å². The van der Waals surface area contributed by atoms with Gasteiger partial charge >= 0.3 is 0 Å². The lowest BCUT2D eigenvalue weighted by Gasteiger charge is -2.13. The van der Waals surface area contributed by atoms with Gasteiger partial charge in [-0.15, -0.1) is 11.3 Å². The Bertz CT molecular complexity index is 752. The summed E-state index contributed by atoms with van der Waals surface area (Å²) in [4.78, 5) is 10.3. The SMILES string of the molecule is CCNC(=NCc1ccc(C)cc1OCC1CC1)NCc1ncc(C)s1. The number of benzene rings is 1. The summed E-state index contributed by atoms with van der Waals surface area (Å²) in [5.41, 5.74) is 2.34. The van der Waals surface area contributed by atoms with Crippen molar-refractivity contribution in [3.05, 3.63) is 45.4 Å². The third kappa shape index (κ3) is 5.73. The summed E-state index contributed by atoms with van der Waals surface area (Å²) in [6.45, 7) is 9.15. The Morgan fingerprint density at radius 3 is 2.85 bits per heavy atom. The molecule has 0 saturated heterocycles. The fourth-order valence-corrected chi connectivity index (χ4v) is 3.29. The van der Waals surface area contributed by atoms with Gasteiger partial charge in [-0.2, -0.15) is 0 Å². The van der Waals surface area contributed by atoms with Crippen molar-refractivity contribution < 1.29 is 4.74 Å². The van der Waals surface area contributed by atoms with Gasteiger partial charge in [0.05, 0.1) is 19.7 Å². The van der Waals surface area contributed by atoms with Crippen LogP contribution in [0.25, 0.3) is 0 Å². The Hall–Kier alpha value is -2.08. The van der Waals surface area contributed by atoms with Gasteiger partial charge in [0.15, 0.2) is 5.96 Å². The van der Waals surface area contributed by atoms with Crippen molar-refractivity contribution in [1.29, 1.82) is 0 Å². The normalized spacial score (nSPS) is 14.3. The Morgan fingerprint density at radius 1 is 1.31 bits per heavy atom. The number of hydrogen-bond donors (Lipinski definition) is 2. The van der Waals surface area contributed by atoms with Crippen LogP contribution in [0.3, 0.4) is 0 Å². The molecular weight excluding hydrogens is 344 g/mol. The first-order valence-corrected chi connectivity index (χ1v) is 10.1. The highest BCUT2D eigenvalue weighted by atomic mass is 32.1. The molecule has 1 aliphatic rings. The molecule has 0 spiro atoms. The van der Waals surface area contributed by atoms with E-state index in [1.807, 2.05) is 6.20 Å². The Kier molecular flexibility index (Phi) is 6.50. The highest BCUT2D eigenvalue weighted by Gasteiger charge is 2.22. The third-order valence-corrected chi connectivity index (χ3v) is 5.13. The maximum Gasteiger partial charge on any atom is 0.191 e. The van der Waals surface area contributed by atoms with Gasteiger partial charge in [0.1, 0.15) is 10.8 Å². The highest BCUT2D eigenvalue weighted by molar-refractivity contribution is 7.11. The molecule has 0 bridgehead atoms. The highest BCUT2D eigenvalue weighted by Crippen LogP contribution is 2.30. The van der Waals surface area contributed by atoms with Crippen LogP contribution in [0.2, 0.25) is 0 Å². The maximum atomic E-state index is 6.05. The van der Waals surface area contributed by atoms with Crippen molar-refractivity contribution in [2.24, 2.45) is 10.9 Å². The van der Waals surface area contributed by atoms with Gasteiger partial charge in [0.2, 0.25) is 0 Å². The van der Waals surface area contributed by atoms with E-state index in [0.717, 1.165) is 41.3 Å².